The lowest BCUT2D eigenvalue weighted by Crippen LogP contribution is -2.33. The molecule has 0 aliphatic heterocycles. The van der Waals surface area contributed by atoms with Crippen molar-refractivity contribution in [2.75, 3.05) is 5.32 Å². The number of rotatable bonds is 7. The number of oxazole rings is 1. The molecule has 3 aromatic rings. The lowest BCUT2D eigenvalue weighted by atomic mass is 10.1. The number of thiocarbonyl (C=S) groups is 1. The van der Waals surface area contributed by atoms with Gasteiger partial charge >= 0.3 is 0 Å². The number of aryl methyl sites for hydroxylation is 2. The van der Waals surface area contributed by atoms with Gasteiger partial charge in [0.1, 0.15) is 11.3 Å². The van der Waals surface area contributed by atoms with Crippen molar-refractivity contribution >= 4 is 40.0 Å². The molecule has 3 rings (SSSR count). The number of unbranched alkanes of at least 4 members (excludes halogenated alkanes) is 2. The molecular weight excluding hydrogens is 398 g/mol. The quantitative estimate of drug-likeness (QED) is 0.264. The molecule has 0 spiro atoms. The minimum Gasteiger partial charge on any atom is -0.507 e. The minimum atomic E-state index is -0.109. The standard InChI is InChI=1S/C23H27N3O3S/c1-4-6-7-8-20(27)26-23(30)24-16-11-14(3)21(28)17(13-16)22-25-18-12-15(5-2)9-10-19(18)29-22/h9-13,28H,4-8H2,1-3H3,(H2,24,26,27,30). The number of phenols is 1. The van der Waals surface area contributed by atoms with Crippen LogP contribution in [0.3, 0.4) is 0 Å². The maximum atomic E-state index is 12.0. The van der Waals surface area contributed by atoms with Gasteiger partial charge < -0.3 is 20.2 Å². The van der Waals surface area contributed by atoms with Gasteiger partial charge in [-0.25, -0.2) is 4.98 Å². The van der Waals surface area contributed by atoms with E-state index in [9.17, 15) is 9.90 Å². The number of nitrogens with one attached hydrogen (secondary N) is 2. The summed E-state index contributed by atoms with van der Waals surface area (Å²) >= 11 is 5.26. The van der Waals surface area contributed by atoms with Gasteiger partial charge in [0.25, 0.3) is 0 Å². The number of fused-ring (bicyclic) bond motifs is 1. The summed E-state index contributed by atoms with van der Waals surface area (Å²) in [6.07, 6.45) is 4.26. The lowest BCUT2D eigenvalue weighted by Gasteiger charge is -2.12. The molecule has 7 heteroatoms. The fourth-order valence-corrected chi connectivity index (χ4v) is 3.44. The zero-order valence-corrected chi connectivity index (χ0v) is 18.4. The van der Waals surface area contributed by atoms with Crippen molar-refractivity contribution < 1.29 is 14.3 Å². The van der Waals surface area contributed by atoms with E-state index in [0.717, 1.165) is 36.8 Å². The number of anilines is 1. The Hall–Kier alpha value is -2.93. The summed E-state index contributed by atoms with van der Waals surface area (Å²) in [6.45, 7) is 5.96. The summed E-state index contributed by atoms with van der Waals surface area (Å²) in [4.78, 5) is 16.5. The smallest absolute Gasteiger partial charge is 0.231 e. The Morgan fingerprint density at radius 2 is 2.00 bits per heavy atom. The molecule has 158 valence electrons. The summed E-state index contributed by atoms with van der Waals surface area (Å²) in [5.74, 6) is 0.316. The van der Waals surface area contributed by atoms with Crippen LogP contribution < -0.4 is 10.6 Å². The lowest BCUT2D eigenvalue weighted by molar-refractivity contribution is -0.119. The summed E-state index contributed by atoms with van der Waals surface area (Å²) in [6, 6.07) is 9.34. The average Bonchev–Trinajstić information content (AvgIpc) is 3.13. The van der Waals surface area contributed by atoms with E-state index in [2.05, 4.69) is 29.5 Å². The molecule has 0 unspecified atom stereocenters. The Balaban J connectivity index is 1.80. The third kappa shape index (κ3) is 5.16. The average molecular weight is 426 g/mol. The second kappa shape index (κ2) is 9.71. The molecule has 0 aliphatic carbocycles. The van der Waals surface area contributed by atoms with E-state index in [-0.39, 0.29) is 16.8 Å². The minimum absolute atomic E-state index is 0.0948. The molecule has 1 amide bonds. The Labute approximate surface area is 181 Å². The molecule has 1 aromatic heterocycles. The van der Waals surface area contributed by atoms with Gasteiger partial charge in [-0.05, 0) is 67.4 Å². The van der Waals surface area contributed by atoms with E-state index < -0.39 is 0 Å². The number of aromatic hydroxyl groups is 1. The van der Waals surface area contributed by atoms with Gasteiger partial charge in [0, 0.05) is 12.1 Å². The molecule has 0 radical (unpaired) electrons. The molecular formula is C23H27N3O3S. The molecule has 0 bridgehead atoms. The molecule has 3 N–H and O–H groups in total. The van der Waals surface area contributed by atoms with Crippen LogP contribution in [0.25, 0.3) is 22.6 Å². The van der Waals surface area contributed by atoms with Crippen LogP contribution in [-0.4, -0.2) is 21.1 Å². The predicted molar refractivity (Wildman–Crippen MR) is 124 cm³/mol. The van der Waals surface area contributed by atoms with E-state index in [4.69, 9.17) is 16.6 Å². The highest BCUT2D eigenvalue weighted by Crippen LogP contribution is 2.36. The number of hydrogen-bond acceptors (Lipinski definition) is 5. The van der Waals surface area contributed by atoms with Gasteiger partial charge in [-0.2, -0.15) is 0 Å². The Bertz CT molecular complexity index is 1070. The van der Waals surface area contributed by atoms with Crippen LogP contribution >= 0.6 is 12.2 Å². The van der Waals surface area contributed by atoms with Crippen molar-refractivity contribution in [3.63, 3.8) is 0 Å². The zero-order valence-electron chi connectivity index (χ0n) is 17.5. The molecule has 6 nitrogen and oxygen atoms in total. The number of carbonyl (C=O) groups excluding carboxylic acids is 1. The van der Waals surface area contributed by atoms with Gasteiger partial charge in [0.2, 0.25) is 11.8 Å². The van der Waals surface area contributed by atoms with E-state index in [1.165, 1.54) is 0 Å². The number of carbonyl (C=O) groups is 1. The SMILES string of the molecule is CCCCCC(=O)NC(=S)Nc1cc(C)c(O)c(-c2nc3cc(CC)ccc3o2)c1. The molecule has 0 fully saturated rings. The van der Waals surface area contributed by atoms with Crippen LogP contribution in [0.5, 0.6) is 5.75 Å². The largest absolute Gasteiger partial charge is 0.507 e. The van der Waals surface area contributed by atoms with Crippen LogP contribution in [0.2, 0.25) is 0 Å². The van der Waals surface area contributed by atoms with Gasteiger partial charge in [0.05, 0.1) is 5.56 Å². The first-order valence-electron chi connectivity index (χ1n) is 10.3. The Morgan fingerprint density at radius 3 is 2.73 bits per heavy atom. The van der Waals surface area contributed by atoms with Crippen molar-refractivity contribution in [2.45, 2.75) is 52.9 Å². The number of aromatic nitrogens is 1. The summed E-state index contributed by atoms with van der Waals surface area (Å²) in [5, 5.41) is 16.5. The van der Waals surface area contributed by atoms with Crippen LogP contribution in [0.1, 0.15) is 50.7 Å². The number of nitrogens with zero attached hydrogens (tertiary/aromatic N) is 1. The van der Waals surface area contributed by atoms with E-state index in [0.29, 0.717) is 34.7 Å². The zero-order chi connectivity index (χ0) is 21.7. The van der Waals surface area contributed by atoms with Crippen molar-refractivity contribution in [1.82, 2.24) is 10.3 Å². The Morgan fingerprint density at radius 1 is 1.20 bits per heavy atom. The first-order chi connectivity index (χ1) is 14.4. The number of hydrogen-bond donors (Lipinski definition) is 3. The van der Waals surface area contributed by atoms with Gasteiger partial charge in [-0.3, -0.25) is 4.79 Å². The van der Waals surface area contributed by atoms with Gasteiger partial charge in [0.15, 0.2) is 10.7 Å². The van der Waals surface area contributed by atoms with Crippen molar-refractivity contribution in [3.8, 4) is 17.2 Å². The highest BCUT2D eigenvalue weighted by Gasteiger charge is 2.16. The predicted octanol–water partition coefficient (Wildman–Crippen LogP) is 5.46. The Kier molecular flexibility index (Phi) is 7.05. The molecule has 0 atom stereocenters. The second-order valence-corrected chi connectivity index (χ2v) is 7.73. The summed E-state index contributed by atoms with van der Waals surface area (Å²) in [5.41, 5.74) is 4.31. The highest BCUT2D eigenvalue weighted by atomic mass is 32.1. The molecule has 0 saturated heterocycles. The molecule has 1 heterocycles. The monoisotopic (exact) mass is 425 g/mol. The second-order valence-electron chi connectivity index (χ2n) is 7.32. The fourth-order valence-electron chi connectivity index (χ4n) is 3.21. The van der Waals surface area contributed by atoms with Crippen molar-refractivity contribution in [3.05, 3.63) is 41.5 Å². The summed E-state index contributed by atoms with van der Waals surface area (Å²) in [7, 11) is 0. The number of phenolic OH excluding ortho intramolecular Hbond substituents is 1. The van der Waals surface area contributed by atoms with Crippen molar-refractivity contribution in [1.29, 1.82) is 0 Å². The fraction of sp³-hybridized carbons (Fsp3) is 0.348. The molecule has 0 saturated carbocycles. The van der Waals surface area contributed by atoms with Crippen molar-refractivity contribution in [2.24, 2.45) is 0 Å². The first kappa shape index (κ1) is 21.8. The topological polar surface area (TPSA) is 87.4 Å². The van der Waals surface area contributed by atoms with Crippen LogP contribution in [0.15, 0.2) is 34.7 Å². The van der Waals surface area contributed by atoms with Crippen LogP contribution in [0, 0.1) is 6.92 Å². The van der Waals surface area contributed by atoms with Gasteiger partial charge in [-0.1, -0.05) is 32.8 Å². The first-order valence-corrected chi connectivity index (χ1v) is 10.7. The molecule has 0 aliphatic rings. The molecule has 2 aromatic carbocycles. The third-order valence-corrected chi connectivity index (χ3v) is 5.11. The normalized spacial score (nSPS) is 10.9. The van der Waals surface area contributed by atoms with E-state index >= 15 is 0 Å². The van der Waals surface area contributed by atoms with Gasteiger partial charge in [-0.15, -0.1) is 0 Å². The maximum absolute atomic E-state index is 12.0. The third-order valence-electron chi connectivity index (χ3n) is 4.91. The summed E-state index contributed by atoms with van der Waals surface area (Å²) < 4.78 is 5.87. The molecule has 30 heavy (non-hydrogen) atoms. The van der Waals surface area contributed by atoms with E-state index in [1.54, 1.807) is 19.1 Å². The van der Waals surface area contributed by atoms with Crippen LogP contribution in [-0.2, 0) is 11.2 Å². The number of amides is 1. The highest BCUT2D eigenvalue weighted by molar-refractivity contribution is 7.80. The van der Waals surface area contributed by atoms with Crippen LogP contribution in [0.4, 0.5) is 5.69 Å². The van der Waals surface area contributed by atoms with E-state index in [1.807, 2.05) is 18.2 Å². The maximum Gasteiger partial charge on any atom is 0.231 e. The number of benzene rings is 2.